The molecule has 0 radical (unpaired) electrons. The smallest absolute Gasteiger partial charge is 0.253 e. The number of nitrogens with one attached hydrogen (secondary N) is 1. The van der Waals surface area contributed by atoms with E-state index in [0.29, 0.717) is 5.56 Å². The molecule has 0 aliphatic carbocycles. The minimum absolute atomic E-state index is 0.148. The van der Waals surface area contributed by atoms with Crippen LogP contribution in [0.3, 0.4) is 0 Å². The molecule has 0 saturated carbocycles. The van der Waals surface area contributed by atoms with E-state index in [1.165, 1.54) is 0 Å². The fourth-order valence-corrected chi connectivity index (χ4v) is 2.35. The average molecular weight is 248 g/mol. The summed E-state index contributed by atoms with van der Waals surface area (Å²) in [5.41, 5.74) is 0.638. The molecule has 1 heterocycles. The van der Waals surface area contributed by atoms with Crippen molar-refractivity contribution in [2.45, 2.75) is 25.0 Å². The molecule has 2 rings (SSSR count). The number of piperidine rings is 1. The molecule has 0 bridgehead atoms. The number of aliphatic hydroxyl groups excluding tert-OH is 1. The highest BCUT2D eigenvalue weighted by atomic mass is 16.3. The van der Waals surface area contributed by atoms with Gasteiger partial charge in [-0.25, -0.2) is 0 Å². The number of hydrogen-bond acceptors (Lipinski definition) is 3. The molecule has 1 aromatic carbocycles. The lowest BCUT2D eigenvalue weighted by molar-refractivity contribution is -0.130. The van der Waals surface area contributed by atoms with Crippen LogP contribution in [-0.2, 0) is 4.79 Å². The summed E-state index contributed by atoms with van der Waals surface area (Å²) in [4.78, 5) is 14.1. The molecule has 0 unspecified atom stereocenters. The lowest BCUT2D eigenvalue weighted by atomic mass is 10.0. The molecular weight excluding hydrogens is 228 g/mol. The van der Waals surface area contributed by atoms with Crippen LogP contribution in [0.1, 0.15) is 24.5 Å². The molecule has 4 heteroatoms. The zero-order valence-corrected chi connectivity index (χ0v) is 10.7. The average Bonchev–Trinajstić information content (AvgIpc) is 2.39. The van der Waals surface area contributed by atoms with Crippen molar-refractivity contribution in [3.63, 3.8) is 0 Å². The molecule has 98 valence electrons. The van der Waals surface area contributed by atoms with Crippen molar-refractivity contribution in [3.8, 4) is 0 Å². The Morgan fingerprint density at radius 2 is 2.17 bits per heavy atom. The van der Waals surface area contributed by atoms with Crippen molar-refractivity contribution < 1.29 is 9.90 Å². The van der Waals surface area contributed by atoms with Crippen molar-refractivity contribution in [1.29, 1.82) is 0 Å². The maximum absolute atomic E-state index is 11.9. The van der Waals surface area contributed by atoms with E-state index in [-0.39, 0.29) is 11.9 Å². The summed E-state index contributed by atoms with van der Waals surface area (Å²) in [6, 6.07) is 9.17. The van der Waals surface area contributed by atoms with Crippen LogP contribution in [0.25, 0.3) is 0 Å². The second-order valence-corrected chi connectivity index (χ2v) is 4.92. The van der Waals surface area contributed by atoms with E-state index in [4.69, 9.17) is 0 Å². The standard InChI is InChI=1S/C14H20N2O2/c1-16-9-5-8-12(10-16)15-14(18)13(17)11-6-3-2-4-7-11/h2-4,6-7,12-13,17H,5,8-10H2,1H3,(H,15,18)/t12-,13-/m0/s1. The predicted octanol–water partition coefficient (Wildman–Crippen LogP) is 0.930. The summed E-state index contributed by atoms with van der Waals surface area (Å²) >= 11 is 0. The Kier molecular flexibility index (Phi) is 4.33. The number of amides is 1. The SMILES string of the molecule is CN1CCC[C@H](NC(=O)[C@@H](O)c2ccccc2)C1. The number of rotatable bonds is 3. The van der Waals surface area contributed by atoms with E-state index in [0.717, 1.165) is 25.9 Å². The Balaban J connectivity index is 1.91. The second kappa shape index (κ2) is 5.98. The monoisotopic (exact) mass is 248 g/mol. The Hall–Kier alpha value is -1.39. The van der Waals surface area contributed by atoms with E-state index in [2.05, 4.69) is 10.2 Å². The van der Waals surface area contributed by atoms with Gasteiger partial charge in [0.2, 0.25) is 0 Å². The van der Waals surface area contributed by atoms with Crippen LogP contribution < -0.4 is 5.32 Å². The summed E-state index contributed by atoms with van der Waals surface area (Å²) in [7, 11) is 2.05. The lowest BCUT2D eigenvalue weighted by Gasteiger charge is -2.30. The van der Waals surface area contributed by atoms with Gasteiger partial charge in [0.1, 0.15) is 0 Å². The third-order valence-electron chi connectivity index (χ3n) is 3.33. The largest absolute Gasteiger partial charge is 0.378 e. The minimum Gasteiger partial charge on any atom is -0.378 e. The molecule has 1 fully saturated rings. The molecule has 2 atom stereocenters. The number of hydrogen-bond donors (Lipinski definition) is 2. The molecule has 18 heavy (non-hydrogen) atoms. The summed E-state index contributed by atoms with van der Waals surface area (Å²) in [6.07, 6.45) is 0.999. The number of benzene rings is 1. The van der Waals surface area contributed by atoms with Gasteiger partial charge in [-0.2, -0.15) is 0 Å². The van der Waals surface area contributed by atoms with Gasteiger partial charge in [0.05, 0.1) is 0 Å². The van der Waals surface area contributed by atoms with Crippen LogP contribution in [0.15, 0.2) is 30.3 Å². The van der Waals surface area contributed by atoms with Crippen molar-refractivity contribution in [2.75, 3.05) is 20.1 Å². The third-order valence-corrected chi connectivity index (χ3v) is 3.33. The number of carbonyl (C=O) groups is 1. The summed E-state index contributed by atoms with van der Waals surface area (Å²) in [5.74, 6) is -0.304. The minimum atomic E-state index is -1.07. The molecular formula is C14H20N2O2. The molecule has 0 aromatic heterocycles. The fourth-order valence-electron chi connectivity index (χ4n) is 2.35. The molecule has 1 aromatic rings. The Bertz CT molecular complexity index is 394. The van der Waals surface area contributed by atoms with Crippen molar-refractivity contribution in [2.24, 2.45) is 0 Å². The highest BCUT2D eigenvalue weighted by Gasteiger charge is 2.23. The molecule has 2 N–H and O–H groups in total. The van der Waals surface area contributed by atoms with Gasteiger partial charge < -0.3 is 15.3 Å². The zero-order chi connectivity index (χ0) is 13.0. The van der Waals surface area contributed by atoms with Gasteiger partial charge >= 0.3 is 0 Å². The van der Waals surface area contributed by atoms with E-state index in [1.807, 2.05) is 25.2 Å². The highest BCUT2D eigenvalue weighted by molar-refractivity contribution is 5.82. The van der Waals surface area contributed by atoms with E-state index < -0.39 is 6.10 Å². The van der Waals surface area contributed by atoms with Crippen molar-refractivity contribution >= 4 is 5.91 Å². The van der Waals surface area contributed by atoms with Crippen LogP contribution in [0.2, 0.25) is 0 Å². The number of likely N-dealkylation sites (N-methyl/N-ethyl adjacent to an activating group) is 1. The molecule has 0 spiro atoms. The van der Waals surface area contributed by atoms with Gasteiger partial charge in [0, 0.05) is 12.6 Å². The number of likely N-dealkylation sites (tertiary alicyclic amines) is 1. The van der Waals surface area contributed by atoms with Gasteiger partial charge in [-0.05, 0) is 32.0 Å². The molecule has 1 saturated heterocycles. The predicted molar refractivity (Wildman–Crippen MR) is 70.1 cm³/mol. The second-order valence-electron chi connectivity index (χ2n) is 4.92. The van der Waals surface area contributed by atoms with E-state index in [1.54, 1.807) is 12.1 Å². The van der Waals surface area contributed by atoms with Crippen LogP contribution in [-0.4, -0.2) is 42.1 Å². The first kappa shape index (κ1) is 13.1. The van der Waals surface area contributed by atoms with Gasteiger partial charge in [0.25, 0.3) is 5.91 Å². The molecule has 1 amide bonds. The van der Waals surface area contributed by atoms with Crippen molar-refractivity contribution in [1.82, 2.24) is 10.2 Å². The third kappa shape index (κ3) is 3.31. The topological polar surface area (TPSA) is 52.6 Å². The van der Waals surface area contributed by atoms with Gasteiger partial charge in [0.15, 0.2) is 6.10 Å². The fraction of sp³-hybridized carbons (Fsp3) is 0.500. The number of carbonyl (C=O) groups excluding carboxylic acids is 1. The first-order valence-electron chi connectivity index (χ1n) is 6.39. The first-order valence-corrected chi connectivity index (χ1v) is 6.39. The maximum atomic E-state index is 11.9. The van der Waals surface area contributed by atoms with Gasteiger partial charge in [-0.1, -0.05) is 30.3 Å². The quantitative estimate of drug-likeness (QED) is 0.836. The summed E-state index contributed by atoms with van der Waals surface area (Å²) in [6.45, 7) is 1.93. The first-order chi connectivity index (χ1) is 8.66. The zero-order valence-electron chi connectivity index (χ0n) is 10.7. The lowest BCUT2D eigenvalue weighted by Crippen LogP contribution is -2.47. The van der Waals surface area contributed by atoms with Crippen LogP contribution in [0.5, 0.6) is 0 Å². The Morgan fingerprint density at radius 1 is 1.44 bits per heavy atom. The molecule has 4 nitrogen and oxygen atoms in total. The normalized spacial score (nSPS) is 22.4. The van der Waals surface area contributed by atoms with Gasteiger partial charge in [-0.3, -0.25) is 4.79 Å². The van der Waals surface area contributed by atoms with Crippen LogP contribution in [0.4, 0.5) is 0 Å². The number of nitrogens with zero attached hydrogens (tertiary/aromatic N) is 1. The van der Waals surface area contributed by atoms with Crippen LogP contribution in [0, 0.1) is 0 Å². The summed E-state index contributed by atoms with van der Waals surface area (Å²) < 4.78 is 0. The highest BCUT2D eigenvalue weighted by Crippen LogP contribution is 2.14. The van der Waals surface area contributed by atoms with Crippen LogP contribution >= 0.6 is 0 Å². The molecule has 1 aliphatic heterocycles. The van der Waals surface area contributed by atoms with Gasteiger partial charge in [-0.15, -0.1) is 0 Å². The Morgan fingerprint density at radius 3 is 2.83 bits per heavy atom. The number of aliphatic hydroxyl groups is 1. The molecule has 1 aliphatic rings. The Labute approximate surface area is 108 Å². The van der Waals surface area contributed by atoms with Crippen molar-refractivity contribution in [3.05, 3.63) is 35.9 Å². The maximum Gasteiger partial charge on any atom is 0.253 e. The van der Waals surface area contributed by atoms with E-state index in [9.17, 15) is 9.90 Å². The van der Waals surface area contributed by atoms with E-state index >= 15 is 0 Å². The summed E-state index contributed by atoms with van der Waals surface area (Å²) in [5, 5.41) is 12.9.